The molecule has 6 nitrogen and oxygen atoms in total. The molecule has 0 spiro atoms. The zero-order valence-corrected chi connectivity index (χ0v) is 13.1. The molecule has 1 aromatic carbocycles. The number of rotatable bonds is 5. The molecule has 0 bridgehead atoms. The summed E-state index contributed by atoms with van der Waals surface area (Å²) in [6.07, 6.45) is 1.90. The molecule has 0 aliphatic carbocycles. The van der Waals surface area contributed by atoms with Crippen molar-refractivity contribution in [2.45, 2.75) is 38.3 Å². The van der Waals surface area contributed by atoms with Crippen molar-refractivity contribution < 1.29 is 13.2 Å². The smallest absolute Gasteiger partial charge is 0.238 e. The summed E-state index contributed by atoms with van der Waals surface area (Å²) in [5, 5.41) is 9.50. The molecule has 1 aromatic heterocycles. The van der Waals surface area contributed by atoms with Gasteiger partial charge in [-0.3, -0.25) is 4.68 Å². The second kappa shape index (κ2) is 5.87. The van der Waals surface area contributed by atoms with E-state index in [0.29, 0.717) is 24.0 Å². The highest BCUT2D eigenvalue weighted by atomic mass is 32.2. The van der Waals surface area contributed by atoms with Gasteiger partial charge in [-0.25, -0.2) is 13.6 Å². The number of primary sulfonamides is 1. The Hall–Kier alpha value is -1.86. The summed E-state index contributed by atoms with van der Waals surface area (Å²) in [6.45, 7) is 6.11. The Morgan fingerprint density at radius 3 is 2.57 bits per heavy atom. The van der Waals surface area contributed by atoms with Crippen LogP contribution in [0.1, 0.15) is 31.1 Å². The monoisotopic (exact) mass is 309 g/mol. The van der Waals surface area contributed by atoms with Gasteiger partial charge in [-0.2, -0.15) is 5.10 Å². The summed E-state index contributed by atoms with van der Waals surface area (Å²) in [4.78, 5) is 0.110. The fraction of sp³-hybridized carbons (Fsp3) is 0.357. The minimum absolute atomic E-state index is 0.110. The standard InChI is InChI=1S/C14H19N3O3S/c1-10(2)17-7-6-12(16-17)9-20-13-4-5-14(11(3)8-13)21(15,18)19/h4-8,10H,9H2,1-3H3,(H2,15,18,19). The quantitative estimate of drug-likeness (QED) is 0.915. The van der Waals surface area contributed by atoms with Gasteiger partial charge in [0.15, 0.2) is 0 Å². The Bertz CT molecular complexity index is 736. The third kappa shape index (κ3) is 3.83. The molecule has 7 heteroatoms. The van der Waals surface area contributed by atoms with Crippen LogP contribution in [0.4, 0.5) is 0 Å². The average Bonchev–Trinajstić information content (AvgIpc) is 2.83. The number of nitrogens with zero attached hydrogens (tertiary/aromatic N) is 2. The van der Waals surface area contributed by atoms with Crippen molar-refractivity contribution >= 4 is 10.0 Å². The first-order valence-corrected chi connectivity index (χ1v) is 8.12. The van der Waals surface area contributed by atoms with E-state index in [2.05, 4.69) is 5.10 Å². The lowest BCUT2D eigenvalue weighted by Crippen LogP contribution is -2.13. The molecule has 2 aromatic rings. The first-order chi connectivity index (χ1) is 9.77. The van der Waals surface area contributed by atoms with Gasteiger partial charge in [0.25, 0.3) is 0 Å². The second-order valence-electron chi connectivity index (χ2n) is 5.14. The Labute approximate surface area is 124 Å². The van der Waals surface area contributed by atoms with Gasteiger partial charge in [0, 0.05) is 12.2 Å². The Balaban J connectivity index is 2.08. The zero-order valence-electron chi connectivity index (χ0n) is 12.3. The number of sulfonamides is 1. The minimum atomic E-state index is -3.69. The van der Waals surface area contributed by atoms with E-state index >= 15 is 0 Å². The van der Waals surface area contributed by atoms with Gasteiger partial charge in [-0.15, -0.1) is 0 Å². The summed E-state index contributed by atoms with van der Waals surface area (Å²) >= 11 is 0. The highest BCUT2D eigenvalue weighted by Crippen LogP contribution is 2.21. The first kappa shape index (κ1) is 15.5. The maximum absolute atomic E-state index is 11.3. The van der Waals surface area contributed by atoms with E-state index in [-0.39, 0.29) is 4.90 Å². The predicted molar refractivity (Wildman–Crippen MR) is 79.5 cm³/mol. The van der Waals surface area contributed by atoms with Gasteiger partial charge in [0.2, 0.25) is 10.0 Å². The SMILES string of the molecule is Cc1cc(OCc2ccn(C(C)C)n2)ccc1S(N)(=O)=O. The van der Waals surface area contributed by atoms with Crippen molar-refractivity contribution in [2.75, 3.05) is 0 Å². The average molecular weight is 309 g/mol. The molecule has 2 N–H and O–H groups in total. The van der Waals surface area contributed by atoms with E-state index in [4.69, 9.17) is 9.88 Å². The lowest BCUT2D eigenvalue weighted by Gasteiger charge is -2.08. The van der Waals surface area contributed by atoms with Gasteiger partial charge >= 0.3 is 0 Å². The summed E-state index contributed by atoms with van der Waals surface area (Å²) in [7, 11) is -3.69. The Morgan fingerprint density at radius 2 is 2.05 bits per heavy atom. The van der Waals surface area contributed by atoms with Crippen molar-refractivity contribution in [2.24, 2.45) is 5.14 Å². The van der Waals surface area contributed by atoms with E-state index in [1.165, 1.54) is 6.07 Å². The minimum Gasteiger partial charge on any atom is -0.487 e. The first-order valence-electron chi connectivity index (χ1n) is 6.57. The number of ether oxygens (including phenoxy) is 1. The number of aromatic nitrogens is 2. The van der Waals surface area contributed by atoms with Crippen molar-refractivity contribution in [1.29, 1.82) is 0 Å². The molecule has 0 aliphatic heterocycles. The number of hydrogen-bond donors (Lipinski definition) is 1. The summed E-state index contributed by atoms with van der Waals surface area (Å²) in [5.74, 6) is 0.582. The van der Waals surface area contributed by atoms with E-state index in [1.807, 2.05) is 30.8 Å². The van der Waals surface area contributed by atoms with Gasteiger partial charge in [0.05, 0.1) is 10.6 Å². The molecule has 0 atom stereocenters. The Kier molecular flexibility index (Phi) is 4.34. The highest BCUT2D eigenvalue weighted by molar-refractivity contribution is 7.89. The number of aryl methyl sites for hydroxylation is 1. The van der Waals surface area contributed by atoms with E-state index in [1.54, 1.807) is 19.1 Å². The highest BCUT2D eigenvalue weighted by Gasteiger charge is 2.12. The van der Waals surface area contributed by atoms with Crippen LogP contribution < -0.4 is 9.88 Å². The fourth-order valence-corrected chi connectivity index (χ4v) is 2.70. The topological polar surface area (TPSA) is 87.2 Å². The van der Waals surface area contributed by atoms with Crippen LogP contribution in [0.25, 0.3) is 0 Å². The molecule has 0 aliphatic rings. The zero-order chi connectivity index (χ0) is 15.6. The van der Waals surface area contributed by atoms with Crippen LogP contribution in [0, 0.1) is 6.92 Å². The molecule has 0 saturated heterocycles. The third-order valence-corrected chi connectivity index (χ3v) is 4.10. The van der Waals surface area contributed by atoms with Crippen LogP contribution in [0.15, 0.2) is 35.4 Å². The fourth-order valence-electron chi connectivity index (χ4n) is 1.93. The van der Waals surface area contributed by atoms with Crippen LogP contribution in [0.3, 0.4) is 0 Å². The van der Waals surface area contributed by atoms with Gasteiger partial charge in [-0.1, -0.05) is 0 Å². The van der Waals surface area contributed by atoms with Crippen molar-refractivity contribution in [3.05, 3.63) is 41.7 Å². The van der Waals surface area contributed by atoms with Crippen LogP contribution >= 0.6 is 0 Å². The summed E-state index contributed by atoms with van der Waals surface area (Å²) in [5.41, 5.74) is 1.37. The molecule has 0 fully saturated rings. The Morgan fingerprint density at radius 1 is 1.33 bits per heavy atom. The lowest BCUT2D eigenvalue weighted by molar-refractivity contribution is 0.298. The summed E-state index contributed by atoms with van der Waals surface area (Å²) < 4.78 is 30.1. The van der Waals surface area contributed by atoms with Gasteiger partial charge in [-0.05, 0) is 50.6 Å². The normalized spacial score (nSPS) is 11.9. The number of benzene rings is 1. The number of hydrogen-bond acceptors (Lipinski definition) is 4. The molecule has 114 valence electrons. The molecule has 0 radical (unpaired) electrons. The van der Waals surface area contributed by atoms with Crippen molar-refractivity contribution in [3.63, 3.8) is 0 Å². The maximum Gasteiger partial charge on any atom is 0.238 e. The van der Waals surface area contributed by atoms with Crippen molar-refractivity contribution in [1.82, 2.24) is 9.78 Å². The van der Waals surface area contributed by atoms with Crippen LogP contribution in [-0.2, 0) is 16.6 Å². The predicted octanol–water partition coefficient (Wildman–Crippen LogP) is 2.00. The lowest BCUT2D eigenvalue weighted by atomic mass is 10.2. The molecule has 1 heterocycles. The third-order valence-electron chi connectivity index (χ3n) is 3.03. The second-order valence-corrected chi connectivity index (χ2v) is 6.67. The maximum atomic E-state index is 11.3. The van der Waals surface area contributed by atoms with E-state index in [0.717, 1.165) is 5.69 Å². The molecule has 21 heavy (non-hydrogen) atoms. The largest absolute Gasteiger partial charge is 0.487 e. The molecule has 0 saturated carbocycles. The van der Waals surface area contributed by atoms with E-state index < -0.39 is 10.0 Å². The molecule has 0 amide bonds. The van der Waals surface area contributed by atoms with E-state index in [9.17, 15) is 8.42 Å². The van der Waals surface area contributed by atoms with Crippen LogP contribution in [0.5, 0.6) is 5.75 Å². The van der Waals surface area contributed by atoms with Crippen molar-refractivity contribution in [3.8, 4) is 5.75 Å². The molecular weight excluding hydrogens is 290 g/mol. The summed E-state index contributed by atoms with van der Waals surface area (Å²) in [6, 6.07) is 6.89. The van der Waals surface area contributed by atoms with Gasteiger partial charge < -0.3 is 4.74 Å². The van der Waals surface area contributed by atoms with Gasteiger partial charge in [0.1, 0.15) is 12.4 Å². The van der Waals surface area contributed by atoms with Crippen LogP contribution in [0.2, 0.25) is 0 Å². The number of nitrogens with two attached hydrogens (primary N) is 1. The van der Waals surface area contributed by atoms with Crippen LogP contribution in [-0.4, -0.2) is 18.2 Å². The molecule has 2 rings (SSSR count). The molecular formula is C14H19N3O3S. The molecule has 0 unspecified atom stereocenters.